The molecule has 0 saturated heterocycles. The van der Waals surface area contributed by atoms with Gasteiger partial charge in [-0.25, -0.2) is 0 Å². The van der Waals surface area contributed by atoms with Gasteiger partial charge in [0.1, 0.15) is 0 Å². The number of nitrogens with one attached hydrogen (secondary N) is 1. The Morgan fingerprint density at radius 3 is 2.00 bits per heavy atom. The molecule has 0 atom stereocenters. The van der Waals surface area contributed by atoms with E-state index in [1.165, 1.54) is 6.92 Å². The molecule has 0 heterocycles. The predicted molar refractivity (Wildman–Crippen MR) is 56.0 cm³/mol. The topological polar surface area (TPSA) is 66.4 Å². The highest BCUT2D eigenvalue weighted by atomic mass is 16.3. The molecular formula is C10H21NO3. The molecule has 0 aliphatic carbocycles. The Balaban J connectivity index is 0. The summed E-state index contributed by atoms with van der Waals surface area (Å²) in [5, 5.41) is 11.6. The van der Waals surface area contributed by atoms with Crippen molar-refractivity contribution in [3.8, 4) is 0 Å². The van der Waals surface area contributed by atoms with Crippen molar-refractivity contribution in [1.82, 2.24) is 5.32 Å². The fraction of sp³-hybridized carbons (Fsp3) is 0.800. The molecule has 0 radical (unpaired) electrons. The zero-order chi connectivity index (χ0) is 11.8. The van der Waals surface area contributed by atoms with E-state index < -0.39 is 17.3 Å². The molecule has 1 amide bonds. The van der Waals surface area contributed by atoms with Crippen LogP contribution in [0.2, 0.25) is 0 Å². The van der Waals surface area contributed by atoms with Crippen molar-refractivity contribution in [2.75, 3.05) is 6.54 Å². The van der Waals surface area contributed by atoms with Crippen molar-refractivity contribution in [1.29, 1.82) is 0 Å². The van der Waals surface area contributed by atoms with Gasteiger partial charge in [-0.15, -0.1) is 0 Å². The van der Waals surface area contributed by atoms with Crippen LogP contribution in [0.4, 0.5) is 0 Å². The molecule has 0 unspecified atom stereocenters. The Labute approximate surface area is 85.7 Å². The van der Waals surface area contributed by atoms with Crippen LogP contribution in [0.1, 0.15) is 41.0 Å². The van der Waals surface area contributed by atoms with Gasteiger partial charge >= 0.3 is 0 Å². The number of ketones is 1. The van der Waals surface area contributed by atoms with E-state index in [1.54, 1.807) is 13.8 Å². The molecule has 0 fully saturated rings. The van der Waals surface area contributed by atoms with E-state index in [1.807, 2.05) is 13.8 Å². The number of carbonyl (C=O) groups is 2. The summed E-state index contributed by atoms with van der Waals surface area (Å²) in [7, 11) is 0. The van der Waals surface area contributed by atoms with E-state index in [9.17, 15) is 14.7 Å². The molecule has 0 aromatic carbocycles. The smallest absolute Gasteiger partial charge is 0.287 e. The van der Waals surface area contributed by atoms with E-state index in [-0.39, 0.29) is 0 Å². The molecule has 2 N–H and O–H groups in total. The third-order valence-corrected chi connectivity index (χ3v) is 1.34. The monoisotopic (exact) mass is 203 g/mol. The molecule has 0 bridgehead atoms. The van der Waals surface area contributed by atoms with Crippen LogP contribution in [0.5, 0.6) is 0 Å². The summed E-state index contributed by atoms with van der Waals surface area (Å²) in [6.07, 6.45) is 0.437. The second-order valence-electron chi connectivity index (χ2n) is 3.37. The first-order valence-corrected chi connectivity index (χ1v) is 4.84. The third-order valence-electron chi connectivity index (χ3n) is 1.34. The lowest BCUT2D eigenvalue weighted by Crippen LogP contribution is -2.33. The summed E-state index contributed by atoms with van der Waals surface area (Å²) in [6.45, 7) is 8.82. The fourth-order valence-corrected chi connectivity index (χ4v) is 0.606. The zero-order valence-electron chi connectivity index (χ0n) is 9.68. The maximum atomic E-state index is 10.7. The van der Waals surface area contributed by atoms with Crippen molar-refractivity contribution in [3.63, 3.8) is 0 Å². The Morgan fingerprint density at radius 1 is 1.29 bits per heavy atom. The van der Waals surface area contributed by atoms with E-state index >= 15 is 0 Å². The van der Waals surface area contributed by atoms with E-state index in [4.69, 9.17) is 0 Å². The minimum absolute atomic E-state index is 0.321. The van der Waals surface area contributed by atoms with Gasteiger partial charge in [-0.2, -0.15) is 0 Å². The van der Waals surface area contributed by atoms with Gasteiger partial charge in [-0.05, 0) is 20.3 Å². The molecular weight excluding hydrogens is 182 g/mol. The number of amides is 1. The van der Waals surface area contributed by atoms with Gasteiger partial charge in [0.15, 0.2) is 0 Å². The molecule has 0 spiro atoms. The van der Waals surface area contributed by atoms with Gasteiger partial charge in [0, 0.05) is 13.5 Å². The number of hydrogen-bond acceptors (Lipinski definition) is 3. The Morgan fingerprint density at radius 2 is 1.71 bits per heavy atom. The van der Waals surface area contributed by atoms with Gasteiger partial charge in [0.2, 0.25) is 5.78 Å². The second kappa shape index (κ2) is 7.50. The highest BCUT2D eigenvalue weighted by Gasteiger charge is 2.13. The molecule has 0 saturated carbocycles. The number of hydrogen-bond donors (Lipinski definition) is 2. The van der Waals surface area contributed by atoms with E-state index in [0.29, 0.717) is 13.0 Å². The summed E-state index contributed by atoms with van der Waals surface area (Å²) >= 11 is 0. The quantitative estimate of drug-likeness (QED) is 0.666. The molecule has 14 heavy (non-hydrogen) atoms. The molecule has 0 rings (SSSR count). The summed E-state index contributed by atoms with van der Waals surface area (Å²) < 4.78 is 0. The highest BCUT2D eigenvalue weighted by molar-refractivity contribution is 6.35. The molecule has 0 aliphatic heterocycles. The molecule has 4 heteroatoms. The average Bonchev–Trinajstić information content (AvgIpc) is 2.05. The van der Waals surface area contributed by atoms with E-state index in [0.717, 1.165) is 0 Å². The van der Waals surface area contributed by atoms with Crippen molar-refractivity contribution in [2.45, 2.75) is 46.6 Å². The van der Waals surface area contributed by atoms with E-state index in [2.05, 4.69) is 5.32 Å². The second-order valence-corrected chi connectivity index (χ2v) is 3.37. The number of carbonyl (C=O) groups excluding carboxylic acids is 2. The van der Waals surface area contributed by atoms with Crippen LogP contribution in [0.15, 0.2) is 0 Å². The summed E-state index contributed by atoms with van der Waals surface area (Å²) in [6, 6.07) is 0. The Kier molecular flexibility index (Phi) is 8.34. The first kappa shape index (κ1) is 15.6. The van der Waals surface area contributed by atoms with Crippen LogP contribution in [-0.4, -0.2) is 28.9 Å². The summed E-state index contributed by atoms with van der Waals surface area (Å²) in [5.74, 6) is -1.11. The van der Waals surface area contributed by atoms with Crippen molar-refractivity contribution in [3.05, 3.63) is 0 Å². The normalized spacial score (nSPS) is 9.86. The Hall–Kier alpha value is -0.900. The maximum absolute atomic E-state index is 10.7. The average molecular weight is 203 g/mol. The summed E-state index contributed by atoms with van der Waals surface area (Å²) in [4.78, 5) is 21.1. The van der Waals surface area contributed by atoms with Crippen LogP contribution in [0, 0.1) is 0 Å². The Bertz CT molecular complexity index is 182. The lowest BCUT2D eigenvalue weighted by atomic mass is 10.1. The summed E-state index contributed by atoms with van der Waals surface area (Å²) in [5.41, 5.74) is -0.802. The highest BCUT2D eigenvalue weighted by Crippen LogP contribution is 2.04. The van der Waals surface area contributed by atoms with Crippen molar-refractivity contribution >= 4 is 11.7 Å². The first-order valence-electron chi connectivity index (χ1n) is 4.84. The van der Waals surface area contributed by atoms with Crippen molar-refractivity contribution in [2.24, 2.45) is 0 Å². The zero-order valence-corrected chi connectivity index (χ0v) is 9.68. The van der Waals surface area contributed by atoms with Crippen LogP contribution in [0.3, 0.4) is 0 Å². The van der Waals surface area contributed by atoms with Gasteiger partial charge in [0.05, 0.1) is 5.60 Å². The standard InChI is InChI=1S/C8H15NO3.C2H6/c1-6(10)7(11)9-5-4-8(2,3)12;1-2/h12H,4-5H2,1-3H3,(H,9,11);1-2H3. The van der Waals surface area contributed by atoms with Gasteiger partial charge < -0.3 is 10.4 Å². The lowest BCUT2D eigenvalue weighted by molar-refractivity contribution is -0.136. The maximum Gasteiger partial charge on any atom is 0.287 e. The van der Waals surface area contributed by atoms with Gasteiger partial charge in [-0.1, -0.05) is 13.8 Å². The van der Waals surface area contributed by atoms with Crippen LogP contribution >= 0.6 is 0 Å². The SMILES string of the molecule is CC.CC(=O)C(=O)NCCC(C)(C)O. The van der Waals surface area contributed by atoms with Gasteiger partial charge in [0.25, 0.3) is 5.91 Å². The minimum Gasteiger partial charge on any atom is -0.390 e. The molecule has 0 aromatic heterocycles. The lowest BCUT2D eigenvalue weighted by Gasteiger charge is -2.16. The third kappa shape index (κ3) is 11.1. The van der Waals surface area contributed by atoms with Crippen molar-refractivity contribution < 1.29 is 14.7 Å². The molecule has 4 nitrogen and oxygen atoms in total. The molecule has 0 aromatic rings. The number of aliphatic hydroxyl groups is 1. The minimum atomic E-state index is -0.802. The number of rotatable bonds is 4. The molecule has 84 valence electrons. The fourth-order valence-electron chi connectivity index (χ4n) is 0.606. The molecule has 0 aliphatic rings. The predicted octanol–water partition coefficient (Wildman–Crippen LogP) is 0.879. The van der Waals surface area contributed by atoms with Gasteiger partial charge in [-0.3, -0.25) is 9.59 Å². The largest absolute Gasteiger partial charge is 0.390 e. The van der Waals surface area contributed by atoms with Crippen LogP contribution in [-0.2, 0) is 9.59 Å². The van der Waals surface area contributed by atoms with Crippen LogP contribution in [0.25, 0.3) is 0 Å². The van der Waals surface area contributed by atoms with Crippen LogP contribution < -0.4 is 5.32 Å². The number of Topliss-reactive ketones (excluding diaryl/α,β-unsaturated/α-hetero) is 1. The first-order chi connectivity index (χ1) is 6.33.